The maximum atomic E-state index is 12.5. The normalized spacial score (nSPS) is 21.2. The summed E-state index contributed by atoms with van der Waals surface area (Å²) < 4.78 is 6.64. The van der Waals surface area contributed by atoms with Crippen molar-refractivity contribution >= 4 is 34.2 Å². The average Bonchev–Trinajstić information content (AvgIpc) is 2.52. The van der Waals surface area contributed by atoms with Crippen LogP contribution in [-0.4, -0.2) is 38.8 Å². The van der Waals surface area contributed by atoms with E-state index in [1.807, 2.05) is 6.92 Å². The maximum absolute atomic E-state index is 12.5. The van der Waals surface area contributed by atoms with Crippen molar-refractivity contribution in [2.45, 2.75) is 25.2 Å². The Balaban J connectivity index is 0.00000208. The van der Waals surface area contributed by atoms with Crippen LogP contribution in [0, 0.1) is 11.8 Å². The minimum atomic E-state index is -0.00774. The van der Waals surface area contributed by atoms with Crippen LogP contribution in [0.15, 0.2) is 28.7 Å². The fraction of sp³-hybridized carbons (Fsp3) is 0.611. The van der Waals surface area contributed by atoms with Crippen LogP contribution in [0.5, 0.6) is 0 Å². The van der Waals surface area contributed by atoms with Crippen molar-refractivity contribution in [1.82, 2.24) is 10.6 Å². The second kappa shape index (κ2) is 8.65. The highest BCUT2D eigenvalue weighted by molar-refractivity contribution is 9.10. The molecular formula is C18H26BrClN2O2. The van der Waals surface area contributed by atoms with Crippen molar-refractivity contribution in [2.24, 2.45) is 11.8 Å². The third kappa shape index (κ3) is 4.31. The molecule has 134 valence electrons. The van der Waals surface area contributed by atoms with Gasteiger partial charge in [0.2, 0.25) is 5.91 Å². The van der Waals surface area contributed by atoms with Gasteiger partial charge in [-0.2, -0.15) is 0 Å². The zero-order valence-electron chi connectivity index (χ0n) is 14.0. The molecule has 1 aromatic carbocycles. The molecule has 2 aliphatic rings. The van der Waals surface area contributed by atoms with E-state index in [4.69, 9.17) is 4.74 Å². The number of nitrogens with one attached hydrogen (secondary N) is 2. The van der Waals surface area contributed by atoms with E-state index in [9.17, 15) is 4.79 Å². The quantitative estimate of drug-likeness (QED) is 0.774. The van der Waals surface area contributed by atoms with Gasteiger partial charge in [0.15, 0.2) is 0 Å². The summed E-state index contributed by atoms with van der Waals surface area (Å²) in [5, 5.41) is 6.46. The molecule has 0 bridgehead atoms. The third-order valence-electron chi connectivity index (χ3n) is 5.44. The molecule has 1 unspecified atom stereocenters. The Morgan fingerprint density at radius 3 is 2.50 bits per heavy atom. The molecule has 3 rings (SSSR count). The van der Waals surface area contributed by atoms with Gasteiger partial charge in [0.25, 0.3) is 0 Å². The molecule has 2 heterocycles. The minimum absolute atomic E-state index is 0. The van der Waals surface area contributed by atoms with Crippen molar-refractivity contribution in [3.8, 4) is 0 Å². The van der Waals surface area contributed by atoms with Gasteiger partial charge in [0, 0.05) is 35.6 Å². The highest BCUT2D eigenvalue weighted by atomic mass is 79.9. The molecule has 0 radical (unpaired) electrons. The number of rotatable bonds is 5. The Morgan fingerprint density at radius 2 is 1.96 bits per heavy atom. The van der Waals surface area contributed by atoms with Crippen LogP contribution < -0.4 is 10.6 Å². The summed E-state index contributed by atoms with van der Waals surface area (Å²) in [7, 11) is 0. The lowest BCUT2D eigenvalue weighted by molar-refractivity contribution is -0.127. The zero-order valence-corrected chi connectivity index (χ0v) is 16.4. The SMILES string of the molecule is CC(C(=O)NCC1(c2ccc(Br)cc2)CCOCC1)C1CNC1.Cl. The first-order valence-corrected chi connectivity index (χ1v) is 9.22. The summed E-state index contributed by atoms with van der Waals surface area (Å²) in [6.45, 7) is 6.17. The Morgan fingerprint density at radius 1 is 1.33 bits per heavy atom. The van der Waals surface area contributed by atoms with Crippen molar-refractivity contribution in [3.63, 3.8) is 0 Å². The van der Waals surface area contributed by atoms with Crippen LogP contribution in [0.2, 0.25) is 0 Å². The first-order chi connectivity index (χ1) is 11.1. The number of benzene rings is 1. The zero-order chi connectivity index (χ0) is 16.3. The van der Waals surface area contributed by atoms with Gasteiger partial charge in [-0.3, -0.25) is 4.79 Å². The molecule has 4 nitrogen and oxygen atoms in total. The average molecular weight is 418 g/mol. The van der Waals surface area contributed by atoms with Gasteiger partial charge in [0.1, 0.15) is 0 Å². The standard InChI is InChI=1S/C18H25BrN2O2.ClH/c1-13(14-10-20-11-14)17(22)21-12-18(6-8-23-9-7-18)15-2-4-16(19)5-3-15;/h2-5,13-14,20H,6-12H2,1H3,(H,21,22);1H. The van der Waals surface area contributed by atoms with Crippen LogP contribution in [-0.2, 0) is 14.9 Å². The number of hydrogen-bond acceptors (Lipinski definition) is 3. The molecular weight excluding hydrogens is 392 g/mol. The van der Waals surface area contributed by atoms with Gasteiger partial charge >= 0.3 is 0 Å². The smallest absolute Gasteiger partial charge is 0.223 e. The van der Waals surface area contributed by atoms with E-state index in [0.29, 0.717) is 12.5 Å². The van der Waals surface area contributed by atoms with Crippen LogP contribution in [0.3, 0.4) is 0 Å². The van der Waals surface area contributed by atoms with Gasteiger partial charge in [-0.05, 0) is 49.5 Å². The topological polar surface area (TPSA) is 50.4 Å². The monoisotopic (exact) mass is 416 g/mol. The lowest BCUT2D eigenvalue weighted by atomic mass is 9.74. The van der Waals surface area contributed by atoms with E-state index >= 15 is 0 Å². The van der Waals surface area contributed by atoms with Gasteiger partial charge < -0.3 is 15.4 Å². The largest absolute Gasteiger partial charge is 0.381 e. The lowest BCUT2D eigenvalue weighted by Gasteiger charge is -2.39. The van der Waals surface area contributed by atoms with Gasteiger partial charge in [-0.25, -0.2) is 0 Å². The van der Waals surface area contributed by atoms with Crippen molar-refractivity contribution in [1.29, 1.82) is 0 Å². The van der Waals surface area contributed by atoms with Crippen molar-refractivity contribution in [3.05, 3.63) is 34.3 Å². The van der Waals surface area contributed by atoms with Crippen LogP contribution in [0.1, 0.15) is 25.3 Å². The number of carbonyl (C=O) groups is 1. The first kappa shape index (κ1) is 19.7. The summed E-state index contributed by atoms with van der Waals surface area (Å²) in [4.78, 5) is 12.5. The summed E-state index contributed by atoms with van der Waals surface area (Å²) in [5.74, 6) is 0.742. The van der Waals surface area contributed by atoms with Crippen molar-refractivity contribution < 1.29 is 9.53 Å². The fourth-order valence-electron chi connectivity index (χ4n) is 3.43. The predicted octanol–water partition coefficient (Wildman–Crippen LogP) is 2.89. The van der Waals surface area contributed by atoms with Gasteiger partial charge in [-0.15, -0.1) is 12.4 Å². The molecule has 2 N–H and O–H groups in total. The van der Waals surface area contributed by atoms with E-state index in [1.54, 1.807) is 0 Å². The summed E-state index contributed by atoms with van der Waals surface area (Å²) in [6.07, 6.45) is 1.91. The molecule has 6 heteroatoms. The highest BCUT2D eigenvalue weighted by Gasteiger charge is 2.36. The molecule has 0 saturated carbocycles. The molecule has 0 aromatic heterocycles. The number of hydrogen-bond donors (Lipinski definition) is 2. The van der Waals surface area contributed by atoms with E-state index < -0.39 is 0 Å². The number of carbonyl (C=O) groups excluding carboxylic acids is 1. The maximum Gasteiger partial charge on any atom is 0.223 e. The second-order valence-corrected chi connectivity index (χ2v) is 7.74. The molecule has 1 amide bonds. The molecule has 2 aliphatic heterocycles. The highest BCUT2D eigenvalue weighted by Crippen LogP contribution is 2.35. The summed E-state index contributed by atoms with van der Waals surface area (Å²) >= 11 is 3.50. The summed E-state index contributed by atoms with van der Waals surface area (Å²) in [5.41, 5.74) is 1.29. The Hall–Kier alpha value is -0.620. The Labute approximate surface area is 158 Å². The van der Waals surface area contributed by atoms with Crippen molar-refractivity contribution in [2.75, 3.05) is 32.8 Å². The fourth-order valence-corrected chi connectivity index (χ4v) is 3.69. The van der Waals surface area contributed by atoms with Crippen LogP contribution in [0.25, 0.3) is 0 Å². The van der Waals surface area contributed by atoms with E-state index in [0.717, 1.165) is 43.6 Å². The number of halogens is 2. The Kier molecular flexibility index (Phi) is 7.10. The number of ether oxygens (including phenoxy) is 1. The van der Waals surface area contributed by atoms with Gasteiger partial charge in [-0.1, -0.05) is 35.0 Å². The first-order valence-electron chi connectivity index (χ1n) is 8.43. The molecule has 0 aliphatic carbocycles. The predicted molar refractivity (Wildman–Crippen MR) is 102 cm³/mol. The van der Waals surface area contributed by atoms with Gasteiger partial charge in [0.05, 0.1) is 0 Å². The minimum Gasteiger partial charge on any atom is -0.381 e. The molecule has 1 aromatic rings. The van der Waals surface area contributed by atoms with E-state index in [-0.39, 0.29) is 29.6 Å². The molecule has 24 heavy (non-hydrogen) atoms. The lowest BCUT2D eigenvalue weighted by Crippen LogP contribution is -2.51. The molecule has 0 spiro atoms. The number of amides is 1. The van der Waals surface area contributed by atoms with E-state index in [2.05, 4.69) is 50.8 Å². The van der Waals surface area contributed by atoms with Crippen LogP contribution >= 0.6 is 28.3 Å². The molecule has 1 atom stereocenters. The second-order valence-electron chi connectivity index (χ2n) is 6.82. The van der Waals surface area contributed by atoms with Crippen LogP contribution in [0.4, 0.5) is 0 Å². The Bertz CT molecular complexity index is 542. The molecule has 2 saturated heterocycles. The van der Waals surface area contributed by atoms with E-state index in [1.165, 1.54) is 5.56 Å². The summed E-state index contributed by atoms with van der Waals surface area (Å²) in [6, 6.07) is 8.50. The molecule has 2 fully saturated rings. The third-order valence-corrected chi connectivity index (χ3v) is 5.97.